The van der Waals surface area contributed by atoms with Gasteiger partial charge in [0.2, 0.25) is 0 Å². The van der Waals surface area contributed by atoms with Crippen LogP contribution in [0.5, 0.6) is 0 Å². The molecule has 1 rings (SSSR count). The van der Waals surface area contributed by atoms with E-state index < -0.39 is 8.56 Å². The Labute approximate surface area is 163 Å². The molecule has 26 heavy (non-hydrogen) atoms. The van der Waals surface area contributed by atoms with Crippen molar-refractivity contribution in [2.45, 2.75) is 105 Å². The predicted molar refractivity (Wildman–Crippen MR) is 112 cm³/mol. The number of hydrogen-bond acceptors (Lipinski definition) is 4. The largest absolute Gasteiger partial charge is 0.393 e. The van der Waals surface area contributed by atoms with Crippen LogP contribution in [0, 0.1) is 10.8 Å². The van der Waals surface area contributed by atoms with E-state index in [0.717, 1.165) is 38.1 Å². The smallest absolute Gasteiger partial charge is 0.373 e. The molecule has 0 aliphatic carbocycles. The monoisotopic (exact) mass is 387 g/mol. The van der Waals surface area contributed by atoms with Gasteiger partial charge in [0.05, 0.1) is 0 Å². The van der Waals surface area contributed by atoms with E-state index in [4.69, 9.17) is 19.3 Å². The first kappa shape index (κ1) is 24.1. The topological polar surface area (TPSA) is 53.7 Å². The maximum atomic E-state index is 6.99. The van der Waals surface area contributed by atoms with Crippen molar-refractivity contribution in [2.75, 3.05) is 19.8 Å². The molecule has 0 radical (unpaired) electrons. The molecule has 2 unspecified atom stereocenters. The molecule has 1 aliphatic rings. The Morgan fingerprint density at radius 1 is 0.769 bits per heavy atom. The SMILES string of the molecule is CCOC1(CC)C(CC)(CC)C(CC)(CC)C(N)C[Si]1(OCC)OCC. The molecule has 1 heterocycles. The van der Waals surface area contributed by atoms with Crippen LogP contribution in [0.25, 0.3) is 0 Å². The second-order valence-electron chi connectivity index (χ2n) is 7.70. The number of nitrogens with two attached hydrogens (primary N) is 1. The van der Waals surface area contributed by atoms with E-state index in [9.17, 15) is 0 Å². The van der Waals surface area contributed by atoms with Crippen molar-refractivity contribution in [3.63, 3.8) is 0 Å². The van der Waals surface area contributed by atoms with Crippen LogP contribution in [0.3, 0.4) is 0 Å². The van der Waals surface area contributed by atoms with Crippen LogP contribution in [0.4, 0.5) is 0 Å². The molecule has 1 aliphatic heterocycles. The van der Waals surface area contributed by atoms with E-state index >= 15 is 0 Å². The lowest BCUT2D eigenvalue weighted by Crippen LogP contribution is -2.81. The van der Waals surface area contributed by atoms with Crippen LogP contribution >= 0.6 is 0 Å². The Kier molecular flexibility index (Phi) is 8.81. The average molecular weight is 388 g/mol. The number of ether oxygens (including phenoxy) is 1. The van der Waals surface area contributed by atoms with Gasteiger partial charge in [-0.05, 0) is 58.3 Å². The molecule has 0 aromatic carbocycles. The van der Waals surface area contributed by atoms with Crippen molar-refractivity contribution in [1.29, 1.82) is 0 Å². The lowest BCUT2D eigenvalue weighted by Gasteiger charge is -2.69. The molecule has 1 fully saturated rings. The second-order valence-corrected chi connectivity index (χ2v) is 11.0. The summed E-state index contributed by atoms with van der Waals surface area (Å²) in [6.07, 6.45) is 5.15. The minimum absolute atomic E-state index is 0.0392. The maximum absolute atomic E-state index is 6.99. The third-order valence-corrected chi connectivity index (χ3v) is 12.3. The van der Waals surface area contributed by atoms with Gasteiger partial charge in [0.15, 0.2) is 0 Å². The van der Waals surface area contributed by atoms with Gasteiger partial charge in [-0.25, -0.2) is 0 Å². The molecule has 0 aromatic rings. The minimum Gasteiger partial charge on any atom is -0.393 e. The van der Waals surface area contributed by atoms with Crippen molar-refractivity contribution >= 4 is 8.56 Å². The summed E-state index contributed by atoms with van der Waals surface area (Å²) < 4.78 is 20.0. The van der Waals surface area contributed by atoms with Gasteiger partial charge < -0.3 is 19.3 Å². The Hall–Kier alpha value is 0.0569. The van der Waals surface area contributed by atoms with Crippen molar-refractivity contribution in [3.05, 3.63) is 0 Å². The van der Waals surface area contributed by atoms with E-state index in [2.05, 4.69) is 55.4 Å². The van der Waals surface area contributed by atoms with E-state index in [1.807, 2.05) is 0 Å². The highest BCUT2D eigenvalue weighted by Crippen LogP contribution is 2.66. The zero-order chi connectivity index (χ0) is 20.1. The zero-order valence-corrected chi connectivity index (χ0v) is 19.7. The van der Waals surface area contributed by atoms with Crippen LogP contribution in [-0.2, 0) is 13.6 Å². The van der Waals surface area contributed by atoms with Crippen molar-refractivity contribution in [1.82, 2.24) is 0 Å². The minimum atomic E-state index is -2.69. The van der Waals surface area contributed by atoms with Crippen molar-refractivity contribution in [2.24, 2.45) is 16.6 Å². The Bertz CT molecular complexity index is 417. The van der Waals surface area contributed by atoms with Crippen LogP contribution in [-0.4, -0.2) is 39.6 Å². The van der Waals surface area contributed by atoms with E-state index in [1.54, 1.807) is 0 Å². The fourth-order valence-corrected chi connectivity index (χ4v) is 12.1. The van der Waals surface area contributed by atoms with Gasteiger partial charge in [-0.1, -0.05) is 34.6 Å². The Morgan fingerprint density at radius 3 is 1.58 bits per heavy atom. The quantitative estimate of drug-likeness (QED) is 0.496. The molecule has 5 heteroatoms. The van der Waals surface area contributed by atoms with Crippen LogP contribution in [0.2, 0.25) is 6.04 Å². The van der Waals surface area contributed by atoms with Crippen LogP contribution in [0.15, 0.2) is 0 Å². The highest BCUT2D eigenvalue weighted by atomic mass is 28.4. The third-order valence-electron chi connectivity index (χ3n) is 7.65. The normalized spacial score (nSPS) is 29.7. The zero-order valence-electron chi connectivity index (χ0n) is 18.7. The molecular formula is C21H45NO3Si. The number of hydrogen-bond donors (Lipinski definition) is 1. The summed E-state index contributed by atoms with van der Waals surface area (Å²) in [7, 11) is -2.69. The Morgan fingerprint density at radius 2 is 1.27 bits per heavy atom. The van der Waals surface area contributed by atoms with Gasteiger partial charge in [0.25, 0.3) is 0 Å². The van der Waals surface area contributed by atoms with Crippen LogP contribution < -0.4 is 5.73 Å². The average Bonchev–Trinajstić information content (AvgIpc) is 2.64. The molecule has 0 saturated carbocycles. The lowest BCUT2D eigenvalue weighted by atomic mass is 9.51. The summed E-state index contributed by atoms with van der Waals surface area (Å²) in [6, 6.07) is 0.911. The molecule has 0 aromatic heterocycles. The van der Waals surface area contributed by atoms with E-state index in [-0.39, 0.29) is 22.1 Å². The van der Waals surface area contributed by atoms with Gasteiger partial charge in [0, 0.05) is 37.3 Å². The molecule has 4 nitrogen and oxygen atoms in total. The van der Waals surface area contributed by atoms with E-state index in [0.29, 0.717) is 19.8 Å². The second kappa shape index (κ2) is 9.51. The molecule has 0 bridgehead atoms. The summed E-state index contributed by atoms with van der Waals surface area (Å²) in [5, 5.41) is -0.369. The van der Waals surface area contributed by atoms with Crippen LogP contribution in [0.1, 0.15) is 87.5 Å². The Balaban J connectivity index is 3.89. The highest BCUT2D eigenvalue weighted by molar-refractivity contribution is 6.71. The number of rotatable bonds is 11. The standard InChI is InChI=1S/C21H45NO3Si/c1-9-19(10-2)18(22)17-26(24-15-7,25-16-8)21(13-5,23-14-6)20(19,11-3)12-4/h18H,9-17,22H2,1-8H3. The fraction of sp³-hybridized carbons (Fsp3) is 1.00. The first-order valence-electron chi connectivity index (χ1n) is 11.0. The van der Waals surface area contributed by atoms with Crippen molar-refractivity contribution < 1.29 is 13.6 Å². The summed E-state index contributed by atoms with van der Waals surface area (Å²) in [5.74, 6) is 0. The van der Waals surface area contributed by atoms with Gasteiger partial charge >= 0.3 is 8.56 Å². The molecule has 156 valence electrons. The summed E-state index contributed by atoms with van der Waals surface area (Å²) in [6.45, 7) is 19.8. The first-order valence-corrected chi connectivity index (χ1v) is 13.1. The summed E-state index contributed by atoms with van der Waals surface area (Å²) in [4.78, 5) is 0. The highest BCUT2D eigenvalue weighted by Gasteiger charge is 2.76. The van der Waals surface area contributed by atoms with Gasteiger partial charge in [-0.2, -0.15) is 0 Å². The first-order chi connectivity index (χ1) is 12.4. The van der Waals surface area contributed by atoms with E-state index in [1.165, 1.54) is 0 Å². The maximum Gasteiger partial charge on any atom is 0.373 e. The summed E-state index contributed by atoms with van der Waals surface area (Å²) >= 11 is 0. The fourth-order valence-electron chi connectivity index (χ4n) is 6.81. The lowest BCUT2D eigenvalue weighted by molar-refractivity contribution is -0.194. The van der Waals surface area contributed by atoms with Gasteiger partial charge in [-0.3, -0.25) is 0 Å². The molecule has 2 N–H and O–H groups in total. The molecular weight excluding hydrogens is 342 g/mol. The van der Waals surface area contributed by atoms with Gasteiger partial charge in [-0.15, -0.1) is 0 Å². The molecule has 1 saturated heterocycles. The molecule has 2 atom stereocenters. The summed E-state index contributed by atoms with van der Waals surface area (Å²) in [5.41, 5.74) is 7.00. The molecule has 0 spiro atoms. The van der Waals surface area contributed by atoms with Gasteiger partial charge in [0.1, 0.15) is 5.22 Å². The predicted octanol–water partition coefficient (Wildman–Crippen LogP) is 5.18. The van der Waals surface area contributed by atoms with Crippen molar-refractivity contribution in [3.8, 4) is 0 Å². The molecule has 0 amide bonds. The third kappa shape index (κ3) is 3.02.